The van der Waals surface area contributed by atoms with Gasteiger partial charge in [-0.25, -0.2) is 0 Å². The van der Waals surface area contributed by atoms with Crippen molar-refractivity contribution in [3.63, 3.8) is 0 Å². The fourth-order valence-electron chi connectivity index (χ4n) is 3.11. The molecule has 288 valence electrons. The number of ether oxygens (including phenoxy) is 1. The van der Waals surface area contributed by atoms with Gasteiger partial charge in [-0.15, -0.1) is 0 Å². The maximum Gasteiger partial charge on any atom is 0.323 e. The number of nitrogens with two attached hydrogens (primary N) is 4. The summed E-state index contributed by atoms with van der Waals surface area (Å²) >= 11 is 3.27. The summed E-state index contributed by atoms with van der Waals surface area (Å²) in [6, 6.07) is -2.62. The third-order valence-electron chi connectivity index (χ3n) is 6.97. The van der Waals surface area contributed by atoms with Gasteiger partial charge in [0.05, 0.1) is 7.11 Å². The van der Waals surface area contributed by atoms with Crippen LogP contribution in [0, 0.1) is 11.8 Å². The highest BCUT2D eigenvalue weighted by atomic mass is 32.2. The summed E-state index contributed by atoms with van der Waals surface area (Å²) in [5.41, 5.74) is 25.6. The van der Waals surface area contributed by atoms with Gasteiger partial charge in [0.2, 0.25) is 0 Å². The average Bonchev–Trinajstić information content (AvgIpc) is 3.04. The van der Waals surface area contributed by atoms with E-state index in [1.54, 1.807) is 37.4 Å². The first-order chi connectivity index (χ1) is 22.7. The molecule has 12 nitrogen and oxygen atoms in total. The Bertz CT molecular complexity index is 1000. The lowest BCUT2D eigenvalue weighted by molar-refractivity contribution is -0.142. The summed E-state index contributed by atoms with van der Waals surface area (Å²) in [6.45, 7) is 16.0. The van der Waals surface area contributed by atoms with Crippen LogP contribution in [-0.2, 0) is 23.9 Å². The van der Waals surface area contributed by atoms with Crippen LogP contribution in [0.25, 0.3) is 0 Å². The van der Waals surface area contributed by atoms with Crippen LogP contribution in [0.1, 0.15) is 93.9 Å². The van der Waals surface area contributed by atoms with Crippen molar-refractivity contribution in [1.29, 1.82) is 0 Å². The number of hydrogen-bond acceptors (Lipinski definition) is 11. The molecule has 14 heteroatoms. The van der Waals surface area contributed by atoms with E-state index in [1.807, 2.05) is 20.1 Å². The number of esters is 1. The molecular formula is C35H68N4O8S2. The van der Waals surface area contributed by atoms with Gasteiger partial charge in [-0.3, -0.25) is 19.2 Å². The van der Waals surface area contributed by atoms with Gasteiger partial charge in [0.1, 0.15) is 24.2 Å². The molecule has 0 aliphatic heterocycles. The fourth-order valence-corrected chi connectivity index (χ4v) is 4.52. The van der Waals surface area contributed by atoms with Crippen molar-refractivity contribution in [2.75, 3.05) is 30.6 Å². The zero-order valence-corrected chi connectivity index (χ0v) is 33.2. The number of allylic oxidation sites excluding steroid dienone is 5. The Morgan fingerprint density at radius 3 is 1.59 bits per heavy atom. The lowest BCUT2D eigenvalue weighted by atomic mass is 10.0. The zero-order valence-electron chi connectivity index (χ0n) is 31.6. The molecule has 5 atom stereocenters. The monoisotopic (exact) mass is 736 g/mol. The van der Waals surface area contributed by atoms with E-state index in [1.165, 1.54) is 23.8 Å². The third-order valence-corrected chi connectivity index (χ3v) is 8.61. The zero-order chi connectivity index (χ0) is 39.1. The summed E-state index contributed by atoms with van der Waals surface area (Å²) in [5, 5.41) is 24.9. The van der Waals surface area contributed by atoms with Crippen LogP contribution in [0.4, 0.5) is 0 Å². The lowest BCUT2D eigenvalue weighted by Gasteiger charge is -2.11. The number of aliphatic carboxylic acids is 3. The second kappa shape index (κ2) is 34.1. The number of methoxy groups -OCH3 is 1. The summed E-state index contributed by atoms with van der Waals surface area (Å²) in [4.78, 5) is 41.4. The number of carbonyl (C=O) groups is 4. The summed E-state index contributed by atoms with van der Waals surface area (Å²) < 4.78 is 4.60. The number of carboxylic acids is 3. The molecule has 0 radical (unpaired) electrons. The summed E-state index contributed by atoms with van der Waals surface area (Å²) in [6.07, 6.45) is 14.6. The van der Waals surface area contributed by atoms with E-state index in [2.05, 4.69) is 50.7 Å². The Morgan fingerprint density at radius 2 is 1.24 bits per heavy atom. The standard InChI is InChI=1S/C19H33NO2S.C6H13NO2.C5H11NO2S.C5H11NO2/c1-15(2)8-6-9-16(3)10-7-11-17(4)12-13-23-14-18(20)19(21)22-5;1-3-4(2)5(7)6(8)9;1-9-3-2-4(6)5(7)8;1-3(2)4(6)5(7)8/h8,10,12,18H,6-7,9,11,13-14,20H2,1-5H3;4-5H,3,7H2,1-2H3,(H,8,9);4H,2-3,6H2,1H3,(H,7,8);3-4H,6H2,1-2H3,(H,7,8)/b16-10+,17-12+;;;/t18-;4-,5-;2*4-/m0010/s1. The van der Waals surface area contributed by atoms with Gasteiger partial charge in [-0.1, -0.05) is 69.1 Å². The molecular weight excluding hydrogens is 669 g/mol. The van der Waals surface area contributed by atoms with E-state index in [0.717, 1.165) is 43.6 Å². The third kappa shape index (κ3) is 36.7. The lowest BCUT2D eigenvalue weighted by Crippen LogP contribution is -2.36. The summed E-state index contributed by atoms with van der Waals surface area (Å²) in [7, 11) is 1.37. The SMILES string of the molecule is CC(C)[C@H](N)C(=O)O.CC[C@H](C)[C@H](N)C(=O)O.COC(=O)[C@@H](N)CSC/C=C(\C)CC/C=C(\C)CCC=C(C)C.CSCC[C@@H](N)C(=O)O. The highest BCUT2D eigenvalue weighted by molar-refractivity contribution is 7.99. The Morgan fingerprint density at radius 1 is 0.755 bits per heavy atom. The van der Waals surface area contributed by atoms with Gasteiger partial charge in [0.15, 0.2) is 0 Å². The minimum Gasteiger partial charge on any atom is -0.480 e. The molecule has 11 N–H and O–H groups in total. The van der Waals surface area contributed by atoms with Gasteiger partial charge in [-0.05, 0) is 83.6 Å². The van der Waals surface area contributed by atoms with E-state index >= 15 is 0 Å². The minimum atomic E-state index is -0.931. The molecule has 0 aromatic heterocycles. The highest BCUT2D eigenvalue weighted by Gasteiger charge is 2.17. The van der Waals surface area contributed by atoms with Crippen LogP contribution >= 0.6 is 23.5 Å². The molecule has 0 saturated carbocycles. The van der Waals surface area contributed by atoms with E-state index in [0.29, 0.717) is 12.2 Å². The predicted octanol–water partition coefficient (Wildman–Crippen LogP) is 5.29. The van der Waals surface area contributed by atoms with Crippen molar-refractivity contribution in [3.8, 4) is 0 Å². The molecule has 0 aliphatic carbocycles. The molecule has 0 unspecified atom stereocenters. The first kappa shape index (κ1) is 53.4. The van der Waals surface area contributed by atoms with E-state index < -0.39 is 42.1 Å². The molecule has 0 aliphatic rings. The smallest absolute Gasteiger partial charge is 0.323 e. The second-order valence-electron chi connectivity index (χ2n) is 12.2. The predicted molar refractivity (Wildman–Crippen MR) is 207 cm³/mol. The van der Waals surface area contributed by atoms with Crippen molar-refractivity contribution in [3.05, 3.63) is 34.9 Å². The van der Waals surface area contributed by atoms with E-state index in [4.69, 9.17) is 38.3 Å². The second-order valence-corrected chi connectivity index (χ2v) is 14.3. The van der Waals surface area contributed by atoms with Gasteiger partial charge in [0, 0.05) is 11.5 Å². The van der Waals surface area contributed by atoms with Crippen molar-refractivity contribution >= 4 is 47.4 Å². The van der Waals surface area contributed by atoms with Crippen molar-refractivity contribution in [2.45, 2.75) is 118 Å². The van der Waals surface area contributed by atoms with Gasteiger partial charge in [-0.2, -0.15) is 23.5 Å². The molecule has 0 bridgehead atoms. The van der Waals surface area contributed by atoms with E-state index in [-0.39, 0.29) is 17.8 Å². The maximum absolute atomic E-state index is 11.2. The minimum absolute atomic E-state index is 0.0208. The quantitative estimate of drug-likeness (QED) is 0.0477. The molecule has 0 aromatic rings. The van der Waals surface area contributed by atoms with Crippen LogP contribution in [0.5, 0.6) is 0 Å². The molecule has 0 saturated heterocycles. The largest absolute Gasteiger partial charge is 0.480 e. The van der Waals surface area contributed by atoms with E-state index in [9.17, 15) is 19.2 Å². The Hall–Kier alpha value is -2.36. The van der Waals surface area contributed by atoms with Crippen LogP contribution in [0.3, 0.4) is 0 Å². The van der Waals surface area contributed by atoms with Crippen molar-refractivity contribution in [1.82, 2.24) is 0 Å². The van der Waals surface area contributed by atoms with Gasteiger partial charge in [0.25, 0.3) is 0 Å². The van der Waals surface area contributed by atoms with Crippen molar-refractivity contribution in [2.24, 2.45) is 34.8 Å². The first-order valence-electron chi connectivity index (χ1n) is 16.5. The Kier molecular flexibility index (Phi) is 37.2. The fraction of sp³-hybridized carbons (Fsp3) is 0.714. The number of carboxylic acid groups (broad SMARTS) is 3. The number of rotatable bonds is 20. The topological polar surface area (TPSA) is 242 Å². The molecule has 0 spiro atoms. The van der Waals surface area contributed by atoms with Gasteiger partial charge < -0.3 is 43.0 Å². The summed E-state index contributed by atoms with van der Waals surface area (Å²) in [5.74, 6) is -0.706. The molecule has 49 heavy (non-hydrogen) atoms. The van der Waals surface area contributed by atoms with Gasteiger partial charge >= 0.3 is 23.9 Å². The van der Waals surface area contributed by atoms with Crippen LogP contribution in [-0.4, -0.2) is 94.0 Å². The average molecular weight is 737 g/mol. The van der Waals surface area contributed by atoms with Crippen LogP contribution in [0.15, 0.2) is 34.9 Å². The molecule has 0 heterocycles. The Labute approximate surface area is 304 Å². The van der Waals surface area contributed by atoms with Crippen LogP contribution < -0.4 is 22.9 Å². The molecule has 0 amide bonds. The van der Waals surface area contributed by atoms with Crippen molar-refractivity contribution < 1.29 is 39.2 Å². The number of thioether (sulfide) groups is 2. The number of carbonyl (C=O) groups excluding carboxylic acids is 1. The maximum atomic E-state index is 11.2. The Balaban J connectivity index is -0.000000319. The molecule has 0 fully saturated rings. The molecule has 0 rings (SSSR count). The normalized spacial score (nSPS) is 14.2. The highest BCUT2D eigenvalue weighted by Crippen LogP contribution is 2.13. The number of hydrogen-bond donors (Lipinski definition) is 7. The van der Waals surface area contributed by atoms with Crippen LogP contribution in [0.2, 0.25) is 0 Å². The first-order valence-corrected chi connectivity index (χ1v) is 19.0. The molecule has 0 aromatic carbocycles.